The summed E-state index contributed by atoms with van der Waals surface area (Å²) in [4.78, 5) is 52.7. The van der Waals surface area contributed by atoms with Gasteiger partial charge in [0.1, 0.15) is 23.3 Å². The van der Waals surface area contributed by atoms with Crippen LogP contribution in [-0.4, -0.2) is 54.5 Å². The van der Waals surface area contributed by atoms with Crippen LogP contribution in [0.4, 0.5) is 4.39 Å². The van der Waals surface area contributed by atoms with E-state index in [2.05, 4.69) is 15.6 Å². The average molecular weight is 539 g/mol. The number of H-pyrrole nitrogens is 1. The molecule has 0 aliphatic carbocycles. The number of carbonyl (C=O) groups is 4. The summed E-state index contributed by atoms with van der Waals surface area (Å²) in [6.07, 6.45) is 2.57. The number of ether oxygens (including phenoxy) is 2. The normalized spacial score (nSPS) is 12.6. The molecule has 206 valence electrons. The van der Waals surface area contributed by atoms with Crippen molar-refractivity contribution in [3.63, 3.8) is 0 Å². The highest BCUT2D eigenvalue weighted by atomic mass is 19.1. The summed E-state index contributed by atoms with van der Waals surface area (Å²) in [6, 6.07) is 10.7. The monoisotopic (exact) mass is 538 g/mol. The Balaban J connectivity index is 1.85. The number of carbonyl (C=O) groups excluding carboxylic acids is 4. The van der Waals surface area contributed by atoms with E-state index < -0.39 is 41.6 Å². The fraction of sp³-hybridized carbons (Fsp3) is 0.286. The summed E-state index contributed by atoms with van der Waals surface area (Å²) in [6.45, 7) is 1.82. The van der Waals surface area contributed by atoms with E-state index in [0.29, 0.717) is 22.2 Å². The predicted octanol–water partition coefficient (Wildman–Crippen LogP) is 2.53. The Labute approximate surface area is 224 Å². The molecule has 10 nitrogen and oxygen atoms in total. The lowest BCUT2D eigenvalue weighted by Crippen LogP contribution is -2.50. The Morgan fingerprint density at radius 1 is 1.10 bits per heavy atom. The smallest absolute Gasteiger partial charge is 0.330 e. The van der Waals surface area contributed by atoms with E-state index >= 15 is 0 Å². The van der Waals surface area contributed by atoms with Crippen LogP contribution in [0.1, 0.15) is 35.8 Å². The second-order valence-corrected chi connectivity index (χ2v) is 8.70. The molecule has 0 aliphatic heterocycles. The van der Waals surface area contributed by atoms with Gasteiger partial charge < -0.3 is 30.8 Å². The van der Waals surface area contributed by atoms with E-state index in [-0.39, 0.29) is 31.6 Å². The van der Waals surface area contributed by atoms with Crippen molar-refractivity contribution in [3.05, 3.63) is 77.8 Å². The fourth-order valence-electron chi connectivity index (χ4n) is 3.96. The molecule has 2 atom stereocenters. The minimum absolute atomic E-state index is 0.0248. The fourth-order valence-corrected chi connectivity index (χ4v) is 3.96. The molecular weight excluding hydrogens is 507 g/mol. The number of benzene rings is 2. The third kappa shape index (κ3) is 8.42. The zero-order chi connectivity index (χ0) is 28.4. The van der Waals surface area contributed by atoms with Crippen LogP contribution in [0.15, 0.2) is 60.7 Å². The molecule has 3 rings (SSSR count). The highest BCUT2D eigenvalue weighted by Gasteiger charge is 2.25. The third-order valence-electron chi connectivity index (χ3n) is 5.82. The molecule has 0 radical (unpaired) electrons. The van der Waals surface area contributed by atoms with E-state index in [1.807, 2.05) is 0 Å². The highest BCUT2D eigenvalue weighted by molar-refractivity contribution is 6.01. The highest BCUT2D eigenvalue weighted by Crippen LogP contribution is 2.26. The molecule has 1 aromatic heterocycles. The number of aromatic nitrogens is 1. The van der Waals surface area contributed by atoms with Crippen LogP contribution in [0.5, 0.6) is 5.75 Å². The van der Waals surface area contributed by atoms with Crippen molar-refractivity contribution in [1.82, 2.24) is 15.6 Å². The van der Waals surface area contributed by atoms with Crippen LogP contribution >= 0.6 is 0 Å². The van der Waals surface area contributed by atoms with Gasteiger partial charge in [0, 0.05) is 35.9 Å². The zero-order valence-electron chi connectivity index (χ0n) is 21.7. The van der Waals surface area contributed by atoms with Crippen LogP contribution in [0, 0.1) is 5.82 Å². The SMILES string of the molecule is CCOC(=O)C=C[C@H](CCC(N)=O)NC(=O)[C@H](Cc1cccc(F)c1)NC(=O)c1cc2c(OC)cccc2[nH]1. The Kier molecular flexibility index (Phi) is 10.2. The number of aromatic amines is 1. The number of nitrogens with two attached hydrogens (primary N) is 1. The summed E-state index contributed by atoms with van der Waals surface area (Å²) >= 11 is 0. The molecule has 2 aromatic carbocycles. The van der Waals surface area contributed by atoms with Crippen molar-refractivity contribution < 1.29 is 33.0 Å². The Morgan fingerprint density at radius 3 is 2.56 bits per heavy atom. The van der Waals surface area contributed by atoms with Gasteiger partial charge in [0.05, 0.1) is 13.7 Å². The standard InChI is InChI=1S/C28H31FN4O6/c1-3-39-26(35)13-11-19(10-12-25(30)34)31-27(36)22(15-17-6-4-7-18(29)14-17)33-28(37)23-16-20-21(32-23)8-5-9-24(20)38-2/h4-9,11,13-14,16,19,22,32H,3,10,12,15H2,1-2H3,(H2,30,34)(H,31,36)(H,33,37)/t19-,22-/m0/s1. The number of nitrogens with one attached hydrogen (secondary N) is 3. The van der Waals surface area contributed by atoms with Crippen molar-refractivity contribution in [2.75, 3.05) is 13.7 Å². The van der Waals surface area contributed by atoms with Gasteiger partial charge in [-0.3, -0.25) is 14.4 Å². The maximum absolute atomic E-state index is 13.9. The quantitative estimate of drug-likeness (QED) is 0.194. The van der Waals surface area contributed by atoms with Crippen LogP contribution in [-0.2, 0) is 25.5 Å². The largest absolute Gasteiger partial charge is 0.496 e. The molecule has 5 N–H and O–H groups in total. The van der Waals surface area contributed by atoms with Gasteiger partial charge in [-0.25, -0.2) is 9.18 Å². The van der Waals surface area contributed by atoms with E-state index in [1.54, 1.807) is 37.3 Å². The molecular formula is C28H31FN4O6. The second kappa shape index (κ2) is 13.8. The molecule has 0 fully saturated rings. The minimum atomic E-state index is -1.13. The maximum atomic E-state index is 13.9. The van der Waals surface area contributed by atoms with Gasteiger partial charge in [0.25, 0.3) is 5.91 Å². The molecule has 0 saturated carbocycles. The summed E-state index contributed by atoms with van der Waals surface area (Å²) in [7, 11) is 1.52. The van der Waals surface area contributed by atoms with Gasteiger partial charge in [0.15, 0.2) is 0 Å². The van der Waals surface area contributed by atoms with Gasteiger partial charge in [-0.1, -0.05) is 24.3 Å². The topological polar surface area (TPSA) is 153 Å². The summed E-state index contributed by atoms with van der Waals surface area (Å²) in [5.74, 6) is -2.29. The average Bonchev–Trinajstić information content (AvgIpc) is 3.35. The number of amides is 3. The summed E-state index contributed by atoms with van der Waals surface area (Å²) in [5.41, 5.74) is 6.60. The van der Waals surface area contributed by atoms with Gasteiger partial charge in [-0.05, 0) is 49.2 Å². The number of halogens is 1. The molecule has 0 saturated heterocycles. The molecule has 39 heavy (non-hydrogen) atoms. The van der Waals surface area contributed by atoms with Crippen molar-refractivity contribution in [3.8, 4) is 5.75 Å². The predicted molar refractivity (Wildman–Crippen MR) is 142 cm³/mol. The van der Waals surface area contributed by atoms with Crippen LogP contribution in [0.3, 0.4) is 0 Å². The summed E-state index contributed by atoms with van der Waals surface area (Å²) in [5, 5.41) is 6.12. The first-order valence-electron chi connectivity index (χ1n) is 12.3. The van der Waals surface area contributed by atoms with Crippen LogP contribution < -0.4 is 21.1 Å². The van der Waals surface area contributed by atoms with E-state index in [1.165, 1.54) is 31.4 Å². The van der Waals surface area contributed by atoms with Gasteiger partial charge in [0.2, 0.25) is 11.8 Å². The molecule has 11 heteroatoms. The minimum Gasteiger partial charge on any atom is -0.496 e. The first-order valence-corrected chi connectivity index (χ1v) is 12.3. The van der Waals surface area contributed by atoms with Gasteiger partial charge in [-0.15, -0.1) is 0 Å². The maximum Gasteiger partial charge on any atom is 0.330 e. The number of rotatable bonds is 13. The van der Waals surface area contributed by atoms with E-state index in [4.69, 9.17) is 15.2 Å². The number of primary amides is 1. The van der Waals surface area contributed by atoms with Crippen molar-refractivity contribution in [2.45, 2.75) is 38.3 Å². The lowest BCUT2D eigenvalue weighted by molar-refractivity contribution is -0.137. The van der Waals surface area contributed by atoms with Gasteiger partial charge in [-0.2, -0.15) is 0 Å². The number of hydrogen-bond donors (Lipinski definition) is 4. The van der Waals surface area contributed by atoms with Crippen LogP contribution in [0.25, 0.3) is 10.9 Å². The van der Waals surface area contributed by atoms with E-state index in [9.17, 15) is 23.6 Å². The van der Waals surface area contributed by atoms with Gasteiger partial charge >= 0.3 is 5.97 Å². The zero-order valence-corrected chi connectivity index (χ0v) is 21.7. The van der Waals surface area contributed by atoms with E-state index in [0.717, 1.165) is 6.08 Å². The number of methoxy groups -OCH3 is 1. The van der Waals surface area contributed by atoms with Crippen molar-refractivity contribution in [2.24, 2.45) is 5.73 Å². The summed E-state index contributed by atoms with van der Waals surface area (Å²) < 4.78 is 24.1. The number of esters is 1. The molecule has 0 aliphatic rings. The number of fused-ring (bicyclic) bond motifs is 1. The molecule has 0 spiro atoms. The van der Waals surface area contributed by atoms with Crippen molar-refractivity contribution >= 4 is 34.6 Å². The molecule has 3 amide bonds. The molecule has 0 bridgehead atoms. The Bertz CT molecular complexity index is 1370. The first kappa shape index (κ1) is 28.9. The number of hydrogen-bond acceptors (Lipinski definition) is 6. The lowest BCUT2D eigenvalue weighted by Gasteiger charge is -2.22. The third-order valence-corrected chi connectivity index (χ3v) is 5.82. The molecule has 0 unspecified atom stereocenters. The second-order valence-electron chi connectivity index (χ2n) is 8.70. The lowest BCUT2D eigenvalue weighted by atomic mass is 10.0. The Morgan fingerprint density at radius 2 is 1.87 bits per heavy atom. The first-order chi connectivity index (χ1) is 18.7. The molecule has 3 aromatic rings. The molecule has 1 heterocycles. The Hall–Kier alpha value is -4.67. The van der Waals surface area contributed by atoms with Crippen molar-refractivity contribution in [1.29, 1.82) is 0 Å². The van der Waals surface area contributed by atoms with Crippen LogP contribution in [0.2, 0.25) is 0 Å².